The van der Waals surface area contributed by atoms with Crippen molar-refractivity contribution in [1.29, 1.82) is 5.26 Å². The summed E-state index contributed by atoms with van der Waals surface area (Å²) < 4.78 is 1.77. The molecule has 32 heavy (non-hydrogen) atoms. The van der Waals surface area contributed by atoms with Crippen molar-refractivity contribution < 1.29 is 9.90 Å². The summed E-state index contributed by atoms with van der Waals surface area (Å²) in [4.78, 5) is 13.8. The third kappa shape index (κ3) is 2.10. The van der Waals surface area contributed by atoms with Crippen LogP contribution in [0.5, 0.6) is 0 Å². The Labute approximate surface area is 190 Å². The first-order chi connectivity index (χ1) is 15.2. The summed E-state index contributed by atoms with van der Waals surface area (Å²) >= 11 is 0. The van der Waals surface area contributed by atoms with Crippen LogP contribution in [0.2, 0.25) is 0 Å². The third-order valence-corrected chi connectivity index (χ3v) is 11.8. The molecule has 11 atom stereocenters. The first-order valence-electron chi connectivity index (χ1n) is 12.9. The van der Waals surface area contributed by atoms with Crippen LogP contribution in [0.1, 0.15) is 70.1 Å². The number of Topliss-reactive ketones (excluding diaryl/α,β-unsaturated/α-hetero) is 1. The van der Waals surface area contributed by atoms with Crippen LogP contribution in [0.3, 0.4) is 0 Å². The van der Waals surface area contributed by atoms with Gasteiger partial charge in [-0.25, -0.2) is 0 Å². The van der Waals surface area contributed by atoms with Crippen molar-refractivity contribution in [2.75, 3.05) is 0 Å². The van der Waals surface area contributed by atoms with Gasteiger partial charge >= 0.3 is 0 Å². The molecule has 7 aliphatic carbocycles. The summed E-state index contributed by atoms with van der Waals surface area (Å²) in [7, 11) is 0. The molecule has 7 saturated carbocycles. The third-order valence-electron chi connectivity index (χ3n) is 11.8. The molecule has 1 aromatic heterocycles. The van der Waals surface area contributed by atoms with Crippen LogP contribution in [0, 0.1) is 76.4 Å². The Kier molecular flexibility index (Phi) is 3.63. The minimum Gasteiger partial charge on any atom is -0.390 e. The van der Waals surface area contributed by atoms with Crippen LogP contribution in [-0.4, -0.2) is 26.3 Å². The van der Waals surface area contributed by atoms with Crippen molar-refractivity contribution in [2.24, 2.45) is 58.2 Å². The number of carbonyl (C=O) groups is 1. The summed E-state index contributed by atoms with van der Waals surface area (Å²) in [5.41, 5.74) is 1.01. The molecule has 0 radical (unpaired) electrons. The van der Waals surface area contributed by atoms with E-state index in [-0.39, 0.29) is 10.8 Å². The van der Waals surface area contributed by atoms with Gasteiger partial charge in [-0.05, 0) is 112 Å². The quantitative estimate of drug-likeness (QED) is 0.778. The molecule has 5 nitrogen and oxygen atoms in total. The highest BCUT2D eigenvalue weighted by atomic mass is 16.3. The average molecular weight is 434 g/mol. The minimum atomic E-state index is -0.456. The van der Waals surface area contributed by atoms with Gasteiger partial charge in [0.05, 0.1) is 23.1 Å². The van der Waals surface area contributed by atoms with E-state index in [0.717, 1.165) is 48.1 Å². The number of aliphatic hydroxyl groups is 1. The molecule has 5 heteroatoms. The minimum absolute atomic E-state index is 0.0917. The molecule has 1 unspecified atom stereocenters. The molecule has 8 rings (SSSR count). The van der Waals surface area contributed by atoms with E-state index in [1.54, 1.807) is 10.9 Å². The molecule has 7 aliphatic rings. The van der Waals surface area contributed by atoms with Crippen molar-refractivity contribution in [3.63, 3.8) is 0 Å². The van der Waals surface area contributed by atoms with Gasteiger partial charge in [-0.2, -0.15) is 10.4 Å². The van der Waals surface area contributed by atoms with E-state index in [9.17, 15) is 15.2 Å². The average Bonchev–Trinajstić information content (AvgIpc) is 3.56. The first kappa shape index (κ1) is 19.8. The Balaban J connectivity index is 1.15. The Bertz CT molecular complexity index is 1060. The van der Waals surface area contributed by atoms with E-state index >= 15 is 0 Å². The Morgan fingerprint density at radius 2 is 1.91 bits per heavy atom. The lowest BCUT2D eigenvalue weighted by molar-refractivity contribution is -0.136. The predicted molar refractivity (Wildman–Crippen MR) is 118 cm³/mol. The van der Waals surface area contributed by atoms with Gasteiger partial charge in [0.25, 0.3) is 0 Å². The summed E-state index contributed by atoms with van der Waals surface area (Å²) in [6, 6.07) is 2.18. The van der Waals surface area contributed by atoms with Crippen LogP contribution in [-0.2, 0) is 11.3 Å². The molecule has 0 aliphatic heterocycles. The summed E-state index contributed by atoms with van der Waals surface area (Å²) in [5, 5.41) is 24.3. The van der Waals surface area contributed by atoms with E-state index < -0.39 is 5.60 Å². The fraction of sp³-hybridized carbons (Fsp3) is 0.815. The Morgan fingerprint density at radius 3 is 2.62 bits per heavy atom. The van der Waals surface area contributed by atoms with E-state index in [0.29, 0.717) is 35.6 Å². The number of carbonyl (C=O) groups excluding carboxylic acids is 1. The molecule has 1 heterocycles. The maximum atomic E-state index is 13.8. The zero-order valence-corrected chi connectivity index (χ0v) is 19.6. The molecular formula is C27H35N3O2. The number of hydrogen-bond acceptors (Lipinski definition) is 4. The molecule has 0 saturated heterocycles. The van der Waals surface area contributed by atoms with Gasteiger partial charge in [0.2, 0.25) is 0 Å². The molecule has 1 N–H and O–H groups in total. The second kappa shape index (κ2) is 5.87. The van der Waals surface area contributed by atoms with Crippen molar-refractivity contribution in [2.45, 2.75) is 77.9 Å². The smallest absolute Gasteiger partial charge is 0.161 e. The van der Waals surface area contributed by atoms with Crippen molar-refractivity contribution in [3.05, 3.63) is 17.5 Å². The van der Waals surface area contributed by atoms with E-state index in [1.807, 2.05) is 13.8 Å². The molecule has 7 fully saturated rings. The molecular weight excluding hydrogens is 398 g/mol. The number of hydrogen-bond donors (Lipinski definition) is 1. The lowest BCUT2D eigenvalue weighted by Crippen LogP contribution is -2.51. The number of nitrogens with zero attached hydrogens (tertiary/aromatic N) is 3. The lowest BCUT2D eigenvalue weighted by Gasteiger charge is -2.56. The Hall–Kier alpha value is -1.67. The van der Waals surface area contributed by atoms with Crippen molar-refractivity contribution >= 4 is 5.78 Å². The maximum Gasteiger partial charge on any atom is 0.161 e. The summed E-state index contributed by atoms with van der Waals surface area (Å²) in [6.45, 7) is 6.75. The summed E-state index contributed by atoms with van der Waals surface area (Å²) in [6.07, 6.45) is 9.83. The van der Waals surface area contributed by atoms with E-state index in [4.69, 9.17) is 0 Å². The van der Waals surface area contributed by atoms with Crippen LogP contribution in [0.4, 0.5) is 0 Å². The van der Waals surface area contributed by atoms with Crippen LogP contribution < -0.4 is 0 Å². The molecule has 0 spiro atoms. The molecule has 2 bridgehead atoms. The van der Waals surface area contributed by atoms with Crippen molar-refractivity contribution in [3.8, 4) is 6.07 Å². The molecule has 0 aromatic carbocycles. The number of nitriles is 1. The molecule has 0 amide bonds. The van der Waals surface area contributed by atoms with Crippen LogP contribution in [0.25, 0.3) is 0 Å². The number of fused-ring (bicyclic) bond motifs is 3. The number of ketones is 1. The fourth-order valence-electron chi connectivity index (χ4n) is 10.7. The highest BCUT2D eigenvalue weighted by Crippen LogP contribution is 2.99. The predicted octanol–water partition coefficient (Wildman–Crippen LogP) is 4.12. The Morgan fingerprint density at radius 1 is 1.16 bits per heavy atom. The van der Waals surface area contributed by atoms with Gasteiger partial charge < -0.3 is 5.11 Å². The number of aromatic nitrogens is 2. The topological polar surface area (TPSA) is 78.9 Å². The van der Waals surface area contributed by atoms with Gasteiger partial charge in [-0.15, -0.1) is 0 Å². The zero-order chi connectivity index (χ0) is 22.2. The first-order valence-corrected chi connectivity index (χ1v) is 12.9. The van der Waals surface area contributed by atoms with Gasteiger partial charge in [0, 0.05) is 5.41 Å². The second-order valence-electron chi connectivity index (χ2n) is 12.9. The zero-order valence-electron chi connectivity index (χ0n) is 19.6. The maximum absolute atomic E-state index is 13.8. The highest BCUT2D eigenvalue weighted by Gasteiger charge is 2.99. The highest BCUT2D eigenvalue weighted by molar-refractivity contribution is 5.93. The van der Waals surface area contributed by atoms with Crippen LogP contribution in [0.15, 0.2) is 6.20 Å². The standard InChI is InChI=1S/C27H35N3O2/c1-14-16(11-28)12-29-30(14)13-20(31)27-23-21(24(23)27)22-19-5-4-15-10-25(2,32)8-6-17(15)18(19)7-9-26(22,27)3/h12,15,17-19,21-24,32H,4-10,13H2,1-3H3/t15-,17+,18-,19-,21-,22-,23?,24-,25-,26+,27+/m1/s1. The SMILES string of the molecule is Cc1c(C#N)cnn1CC(=O)[C@@]12C3[C@@H]([C@H]4[C@@H]5CC[C@@H]6C[C@](C)(O)CC[C@@H]6[C@H]5CC[C@@]41C)[C@H]32. The normalized spacial score (nSPS) is 54.0. The number of rotatable bonds is 3. The van der Waals surface area contributed by atoms with E-state index in [1.165, 1.54) is 32.1 Å². The van der Waals surface area contributed by atoms with Gasteiger partial charge in [0.15, 0.2) is 5.78 Å². The van der Waals surface area contributed by atoms with Gasteiger partial charge in [0.1, 0.15) is 12.6 Å². The molecule has 170 valence electrons. The van der Waals surface area contributed by atoms with Crippen LogP contribution >= 0.6 is 0 Å². The monoisotopic (exact) mass is 433 g/mol. The fourth-order valence-corrected chi connectivity index (χ4v) is 10.7. The van der Waals surface area contributed by atoms with Gasteiger partial charge in [-0.1, -0.05) is 6.92 Å². The van der Waals surface area contributed by atoms with Gasteiger partial charge in [-0.3, -0.25) is 9.48 Å². The van der Waals surface area contributed by atoms with Crippen molar-refractivity contribution in [1.82, 2.24) is 9.78 Å². The molecule has 1 aromatic rings. The second-order valence-corrected chi connectivity index (χ2v) is 12.9. The lowest BCUT2D eigenvalue weighted by atomic mass is 9.49. The van der Waals surface area contributed by atoms with E-state index in [2.05, 4.69) is 18.1 Å². The largest absolute Gasteiger partial charge is 0.390 e. The summed E-state index contributed by atoms with van der Waals surface area (Å²) in [5.74, 6) is 6.33.